The van der Waals surface area contributed by atoms with E-state index in [-0.39, 0.29) is 11.8 Å². The summed E-state index contributed by atoms with van der Waals surface area (Å²) < 4.78 is 5.18. The van der Waals surface area contributed by atoms with Crippen molar-refractivity contribution >= 4 is 18.0 Å². The van der Waals surface area contributed by atoms with Gasteiger partial charge in [0, 0.05) is 6.54 Å². The lowest BCUT2D eigenvalue weighted by Crippen LogP contribution is -2.30. The highest BCUT2D eigenvalue weighted by Crippen LogP contribution is 2.23. The summed E-state index contributed by atoms with van der Waals surface area (Å²) in [4.78, 5) is 25.7. The van der Waals surface area contributed by atoms with Gasteiger partial charge in [0.1, 0.15) is 6.21 Å². The van der Waals surface area contributed by atoms with E-state index >= 15 is 0 Å². The zero-order valence-corrected chi connectivity index (χ0v) is 12.4. The summed E-state index contributed by atoms with van der Waals surface area (Å²) in [7, 11) is 0. The number of fused-ring (bicyclic) bond motifs is 1. The van der Waals surface area contributed by atoms with Gasteiger partial charge in [-0.3, -0.25) is 14.5 Å². The summed E-state index contributed by atoms with van der Waals surface area (Å²) in [5.41, 5.74) is 1.90. The number of imide groups is 1. The monoisotopic (exact) mass is 312 g/mol. The minimum atomic E-state index is -0.220. The number of carbonyl (C=O) groups is 2. The summed E-state index contributed by atoms with van der Waals surface area (Å²) in [5.74, 6) is 0.0808. The third kappa shape index (κ3) is 2.88. The molecule has 1 aliphatic heterocycles. The van der Waals surface area contributed by atoms with Gasteiger partial charge in [-0.2, -0.15) is 0 Å². The maximum absolute atomic E-state index is 12.2. The Kier molecular flexibility index (Phi) is 4.23. The molecule has 0 bridgehead atoms. The zero-order chi connectivity index (χ0) is 16.2. The average Bonchev–Trinajstić information content (AvgIpc) is 3.10. The second-order valence-electron chi connectivity index (χ2n) is 5.32. The maximum atomic E-state index is 12.2. The van der Waals surface area contributed by atoms with Gasteiger partial charge in [-0.05, 0) is 43.0 Å². The van der Waals surface area contributed by atoms with Gasteiger partial charge in [-0.1, -0.05) is 17.3 Å². The SMILES string of the molecule is O=C1c2ccccc2C(=O)N1CCCCc1ccoc1/C=N/O. The number of carbonyl (C=O) groups excluding carboxylic acids is 2. The van der Waals surface area contributed by atoms with Crippen molar-refractivity contribution in [1.82, 2.24) is 4.90 Å². The van der Waals surface area contributed by atoms with Crippen LogP contribution in [0.4, 0.5) is 0 Å². The highest BCUT2D eigenvalue weighted by Gasteiger charge is 2.34. The quantitative estimate of drug-likeness (QED) is 0.292. The van der Waals surface area contributed by atoms with Crippen molar-refractivity contribution in [3.05, 3.63) is 59.0 Å². The Morgan fingerprint density at radius 1 is 1.09 bits per heavy atom. The minimum Gasteiger partial charge on any atom is -0.463 e. The molecule has 0 saturated heterocycles. The number of furan rings is 1. The van der Waals surface area contributed by atoms with Crippen LogP contribution in [0.25, 0.3) is 0 Å². The van der Waals surface area contributed by atoms with Crippen molar-refractivity contribution in [3.63, 3.8) is 0 Å². The smallest absolute Gasteiger partial charge is 0.261 e. The summed E-state index contributed by atoms with van der Waals surface area (Å²) in [5, 5.41) is 11.5. The molecular weight excluding hydrogens is 296 g/mol. The molecule has 3 rings (SSSR count). The Labute approximate surface area is 133 Å². The standard InChI is InChI=1S/C17H16N2O4/c20-16-13-6-1-2-7-14(13)17(21)19(16)9-4-3-5-12-8-10-23-15(12)11-18-22/h1-2,6-8,10-11,22H,3-5,9H2/b18-11+. The van der Waals surface area contributed by atoms with Gasteiger partial charge in [0.25, 0.3) is 11.8 Å². The lowest BCUT2D eigenvalue weighted by atomic mass is 10.1. The molecule has 1 aliphatic rings. The topological polar surface area (TPSA) is 83.1 Å². The molecule has 23 heavy (non-hydrogen) atoms. The second-order valence-corrected chi connectivity index (χ2v) is 5.32. The molecule has 2 amide bonds. The van der Waals surface area contributed by atoms with Crippen LogP contribution in [0.15, 0.2) is 46.2 Å². The van der Waals surface area contributed by atoms with E-state index in [1.807, 2.05) is 6.07 Å². The van der Waals surface area contributed by atoms with Crippen LogP contribution in [0.5, 0.6) is 0 Å². The Morgan fingerprint density at radius 3 is 2.43 bits per heavy atom. The van der Waals surface area contributed by atoms with Crippen LogP contribution < -0.4 is 0 Å². The fraction of sp³-hybridized carbons (Fsp3) is 0.235. The maximum Gasteiger partial charge on any atom is 0.261 e. The summed E-state index contributed by atoms with van der Waals surface area (Å²) in [6, 6.07) is 8.70. The first kappa shape index (κ1) is 15.0. The van der Waals surface area contributed by atoms with Crippen molar-refractivity contribution < 1.29 is 19.2 Å². The van der Waals surface area contributed by atoms with E-state index in [9.17, 15) is 9.59 Å². The Hall–Kier alpha value is -2.89. The molecule has 0 aliphatic carbocycles. The summed E-state index contributed by atoms with van der Waals surface area (Å²) >= 11 is 0. The number of hydrogen-bond donors (Lipinski definition) is 1. The van der Waals surface area contributed by atoms with Gasteiger partial charge in [0.15, 0.2) is 5.76 Å². The van der Waals surface area contributed by atoms with E-state index in [4.69, 9.17) is 9.62 Å². The van der Waals surface area contributed by atoms with E-state index in [1.54, 1.807) is 24.3 Å². The number of hydrogen-bond acceptors (Lipinski definition) is 5. The molecule has 2 aromatic rings. The molecule has 0 fully saturated rings. The van der Waals surface area contributed by atoms with E-state index in [1.165, 1.54) is 17.4 Å². The molecule has 6 heteroatoms. The Balaban J connectivity index is 1.55. The first-order valence-corrected chi connectivity index (χ1v) is 7.41. The number of unbranched alkanes of at least 4 members (excludes halogenated alkanes) is 1. The number of amides is 2. The average molecular weight is 312 g/mol. The Morgan fingerprint density at radius 2 is 1.78 bits per heavy atom. The molecule has 0 atom stereocenters. The Bertz CT molecular complexity index is 728. The molecule has 0 radical (unpaired) electrons. The van der Waals surface area contributed by atoms with Gasteiger partial charge in [0.05, 0.1) is 17.4 Å². The molecule has 1 N–H and O–H groups in total. The van der Waals surface area contributed by atoms with Gasteiger partial charge >= 0.3 is 0 Å². The molecule has 118 valence electrons. The molecule has 6 nitrogen and oxygen atoms in total. The highest BCUT2D eigenvalue weighted by molar-refractivity contribution is 6.21. The van der Waals surface area contributed by atoms with Gasteiger partial charge in [-0.15, -0.1) is 0 Å². The minimum absolute atomic E-state index is 0.220. The second kappa shape index (κ2) is 6.48. The van der Waals surface area contributed by atoms with Crippen LogP contribution in [-0.4, -0.2) is 34.7 Å². The van der Waals surface area contributed by atoms with Crippen molar-refractivity contribution in [3.8, 4) is 0 Å². The van der Waals surface area contributed by atoms with E-state index in [2.05, 4.69) is 5.16 Å². The largest absolute Gasteiger partial charge is 0.463 e. The fourth-order valence-electron chi connectivity index (χ4n) is 2.75. The summed E-state index contributed by atoms with van der Waals surface area (Å²) in [6.07, 6.45) is 5.00. The number of rotatable bonds is 6. The van der Waals surface area contributed by atoms with Crippen LogP contribution in [0.2, 0.25) is 0 Å². The van der Waals surface area contributed by atoms with Gasteiger partial charge in [0.2, 0.25) is 0 Å². The van der Waals surface area contributed by atoms with E-state index in [0.717, 1.165) is 18.4 Å². The number of nitrogens with zero attached hydrogens (tertiary/aromatic N) is 2. The molecule has 1 aromatic heterocycles. The number of aryl methyl sites for hydroxylation is 1. The van der Waals surface area contributed by atoms with Gasteiger partial charge < -0.3 is 9.62 Å². The molecule has 2 heterocycles. The van der Waals surface area contributed by atoms with Crippen LogP contribution in [-0.2, 0) is 6.42 Å². The third-order valence-corrected chi connectivity index (χ3v) is 3.91. The lowest BCUT2D eigenvalue weighted by molar-refractivity contribution is 0.0652. The lowest BCUT2D eigenvalue weighted by Gasteiger charge is -2.13. The van der Waals surface area contributed by atoms with Crippen LogP contribution in [0.3, 0.4) is 0 Å². The van der Waals surface area contributed by atoms with Crippen molar-refractivity contribution in [1.29, 1.82) is 0 Å². The fourth-order valence-corrected chi connectivity index (χ4v) is 2.75. The van der Waals surface area contributed by atoms with Crippen molar-refractivity contribution in [2.75, 3.05) is 6.54 Å². The van der Waals surface area contributed by atoms with Crippen LogP contribution in [0, 0.1) is 0 Å². The molecular formula is C17H16N2O4. The molecule has 0 spiro atoms. The van der Waals surface area contributed by atoms with E-state index < -0.39 is 0 Å². The first-order chi connectivity index (χ1) is 11.2. The van der Waals surface area contributed by atoms with Crippen molar-refractivity contribution in [2.24, 2.45) is 5.16 Å². The van der Waals surface area contributed by atoms with Crippen molar-refractivity contribution in [2.45, 2.75) is 19.3 Å². The zero-order valence-electron chi connectivity index (χ0n) is 12.4. The normalized spacial score (nSPS) is 14.0. The van der Waals surface area contributed by atoms with E-state index in [0.29, 0.717) is 29.9 Å². The molecule has 0 unspecified atom stereocenters. The number of benzene rings is 1. The number of oxime groups is 1. The van der Waals surface area contributed by atoms with Crippen LogP contribution in [0.1, 0.15) is 44.9 Å². The highest BCUT2D eigenvalue weighted by atomic mass is 16.4. The predicted octanol–water partition coefficient (Wildman–Crippen LogP) is 2.71. The van der Waals surface area contributed by atoms with Crippen LogP contribution >= 0.6 is 0 Å². The predicted molar refractivity (Wildman–Crippen MR) is 82.8 cm³/mol. The molecule has 1 aromatic carbocycles. The third-order valence-electron chi connectivity index (χ3n) is 3.91. The van der Waals surface area contributed by atoms with Gasteiger partial charge in [-0.25, -0.2) is 0 Å². The summed E-state index contributed by atoms with van der Waals surface area (Å²) in [6.45, 7) is 0.396. The molecule has 0 saturated carbocycles. The first-order valence-electron chi connectivity index (χ1n) is 7.41.